The van der Waals surface area contributed by atoms with Crippen LogP contribution >= 0.6 is 11.6 Å². The van der Waals surface area contributed by atoms with Gasteiger partial charge in [0.15, 0.2) is 0 Å². The summed E-state index contributed by atoms with van der Waals surface area (Å²) in [5.74, 6) is 0. The van der Waals surface area contributed by atoms with E-state index in [4.69, 9.17) is 16.3 Å². The number of nitrogens with zero attached hydrogens (tertiary/aromatic N) is 2. The molecule has 1 aliphatic heterocycles. The summed E-state index contributed by atoms with van der Waals surface area (Å²) >= 11 is 6.02. The molecule has 0 saturated heterocycles. The minimum Gasteiger partial charge on any atom is -0.444 e. The van der Waals surface area contributed by atoms with Crippen LogP contribution in [-0.2, 0) is 17.7 Å². The Hall–Kier alpha value is -1.81. The number of pyridine rings is 1. The Morgan fingerprint density at radius 1 is 1.36 bits per heavy atom. The van der Waals surface area contributed by atoms with Gasteiger partial charge in [0.1, 0.15) is 5.60 Å². The number of carbonyl (C=O) groups is 1. The van der Waals surface area contributed by atoms with Gasteiger partial charge in [0, 0.05) is 23.2 Å². The molecule has 0 bridgehead atoms. The molecule has 116 valence electrons. The second-order valence-corrected chi connectivity index (χ2v) is 7.01. The van der Waals surface area contributed by atoms with Gasteiger partial charge < -0.3 is 9.64 Å². The van der Waals surface area contributed by atoms with Gasteiger partial charge in [-0.3, -0.25) is 4.98 Å². The van der Waals surface area contributed by atoms with Crippen LogP contribution in [0.2, 0.25) is 5.02 Å². The second-order valence-electron chi connectivity index (χ2n) is 6.58. The highest BCUT2D eigenvalue weighted by Gasteiger charge is 2.26. The summed E-state index contributed by atoms with van der Waals surface area (Å²) in [7, 11) is 0. The van der Waals surface area contributed by atoms with Crippen molar-refractivity contribution in [1.82, 2.24) is 9.88 Å². The van der Waals surface area contributed by atoms with E-state index in [0.717, 1.165) is 22.9 Å². The molecule has 0 saturated carbocycles. The zero-order valence-electron chi connectivity index (χ0n) is 13.0. The summed E-state index contributed by atoms with van der Waals surface area (Å²) in [5, 5.41) is 1.80. The van der Waals surface area contributed by atoms with Gasteiger partial charge in [-0.15, -0.1) is 0 Å². The molecule has 1 aromatic heterocycles. The molecule has 0 spiro atoms. The molecule has 0 radical (unpaired) electrons. The van der Waals surface area contributed by atoms with Crippen LogP contribution in [0.1, 0.15) is 31.9 Å². The molecular weight excluding hydrogens is 300 g/mol. The first-order chi connectivity index (χ1) is 10.3. The molecule has 0 unspecified atom stereocenters. The lowest BCUT2D eigenvalue weighted by Crippen LogP contribution is -2.40. The Morgan fingerprint density at radius 2 is 2.14 bits per heavy atom. The quantitative estimate of drug-likeness (QED) is 0.731. The van der Waals surface area contributed by atoms with Crippen molar-refractivity contribution in [3.63, 3.8) is 0 Å². The maximum atomic E-state index is 12.2. The van der Waals surface area contributed by atoms with Gasteiger partial charge in [-0.2, -0.15) is 0 Å². The molecule has 1 aliphatic rings. The van der Waals surface area contributed by atoms with Gasteiger partial charge in [-0.1, -0.05) is 17.7 Å². The highest BCUT2D eigenvalue weighted by atomic mass is 35.5. The van der Waals surface area contributed by atoms with Gasteiger partial charge in [0.05, 0.1) is 12.1 Å². The zero-order valence-corrected chi connectivity index (χ0v) is 13.8. The van der Waals surface area contributed by atoms with Gasteiger partial charge >= 0.3 is 6.09 Å². The molecule has 1 amide bonds. The van der Waals surface area contributed by atoms with Gasteiger partial charge in [-0.25, -0.2) is 4.79 Å². The minimum atomic E-state index is -0.476. The first kappa shape index (κ1) is 15.1. The van der Waals surface area contributed by atoms with E-state index in [2.05, 4.69) is 4.98 Å². The van der Waals surface area contributed by atoms with Crippen LogP contribution in [0.15, 0.2) is 24.4 Å². The lowest BCUT2D eigenvalue weighted by atomic mass is 9.97. The number of benzene rings is 1. The molecule has 2 heterocycles. The molecule has 2 aromatic rings. The number of aromatic nitrogens is 1. The summed E-state index contributed by atoms with van der Waals surface area (Å²) in [4.78, 5) is 18.4. The van der Waals surface area contributed by atoms with E-state index in [1.54, 1.807) is 4.90 Å². The monoisotopic (exact) mass is 318 g/mol. The van der Waals surface area contributed by atoms with E-state index in [0.29, 0.717) is 18.1 Å². The standard InChI is InChI=1S/C17H19ClN2O2/c1-17(2,3)22-16(21)20-7-6-13-11(10-20)9-19-15-8-12(18)4-5-14(13)15/h4-5,8-9H,6-7,10H2,1-3H3. The van der Waals surface area contributed by atoms with Crippen LogP contribution in [0.25, 0.3) is 10.9 Å². The number of fused-ring (bicyclic) bond motifs is 3. The molecule has 1 aromatic carbocycles. The summed E-state index contributed by atoms with van der Waals surface area (Å²) in [6.45, 7) is 6.82. The van der Waals surface area contributed by atoms with E-state index in [9.17, 15) is 4.79 Å². The van der Waals surface area contributed by atoms with Crippen molar-refractivity contribution in [2.45, 2.75) is 39.3 Å². The van der Waals surface area contributed by atoms with Gasteiger partial charge in [-0.05, 0) is 50.5 Å². The number of hydrogen-bond acceptors (Lipinski definition) is 3. The van der Waals surface area contributed by atoms with E-state index < -0.39 is 5.60 Å². The van der Waals surface area contributed by atoms with Crippen molar-refractivity contribution in [2.75, 3.05) is 6.54 Å². The molecule has 0 atom stereocenters. The van der Waals surface area contributed by atoms with Crippen LogP contribution in [0.3, 0.4) is 0 Å². The highest BCUT2D eigenvalue weighted by molar-refractivity contribution is 6.31. The molecule has 0 fully saturated rings. The topological polar surface area (TPSA) is 42.4 Å². The average Bonchev–Trinajstić information content (AvgIpc) is 2.44. The van der Waals surface area contributed by atoms with Crippen molar-refractivity contribution < 1.29 is 9.53 Å². The molecule has 3 rings (SSSR count). The number of carbonyl (C=O) groups excluding carboxylic acids is 1. The third-order valence-corrected chi connectivity index (χ3v) is 3.91. The van der Waals surface area contributed by atoms with Crippen LogP contribution in [0.4, 0.5) is 4.79 Å². The molecule has 22 heavy (non-hydrogen) atoms. The Labute approximate surface area is 135 Å². The smallest absolute Gasteiger partial charge is 0.410 e. The Bertz CT molecular complexity index is 737. The van der Waals surface area contributed by atoms with E-state index in [1.807, 2.05) is 45.2 Å². The van der Waals surface area contributed by atoms with Crippen molar-refractivity contribution in [2.24, 2.45) is 0 Å². The summed E-state index contributed by atoms with van der Waals surface area (Å²) in [6, 6.07) is 5.76. The number of hydrogen-bond donors (Lipinski definition) is 0. The molecule has 0 N–H and O–H groups in total. The number of amides is 1. The van der Waals surface area contributed by atoms with Gasteiger partial charge in [0.2, 0.25) is 0 Å². The summed E-state index contributed by atoms with van der Waals surface area (Å²) in [5.41, 5.74) is 2.75. The Kier molecular flexibility index (Phi) is 3.73. The first-order valence-electron chi connectivity index (χ1n) is 7.37. The van der Waals surface area contributed by atoms with Crippen molar-refractivity contribution in [3.05, 3.63) is 40.5 Å². The van der Waals surface area contributed by atoms with E-state index >= 15 is 0 Å². The highest BCUT2D eigenvalue weighted by Crippen LogP contribution is 2.28. The third-order valence-electron chi connectivity index (χ3n) is 3.68. The fourth-order valence-electron chi connectivity index (χ4n) is 2.71. The lowest BCUT2D eigenvalue weighted by molar-refractivity contribution is 0.0224. The maximum Gasteiger partial charge on any atom is 0.410 e. The fraction of sp³-hybridized carbons (Fsp3) is 0.412. The number of rotatable bonds is 0. The largest absolute Gasteiger partial charge is 0.444 e. The van der Waals surface area contributed by atoms with Crippen LogP contribution in [-0.4, -0.2) is 28.1 Å². The fourth-order valence-corrected chi connectivity index (χ4v) is 2.88. The van der Waals surface area contributed by atoms with Crippen LogP contribution in [0.5, 0.6) is 0 Å². The Balaban J connectivity index is 1.88. The summed E-state index contributed by atoms with van der Waals surface area (Å²) in [6.07, 6.45) is 2.37. The molecular formula is C17H19ClN2O2. The van der Waals surface area contributed by atoms with Crippen molar-refractivity contribution in [3.8, 4) is 0 Å². The predicted octanol–water partition coefficient (Wildman–Crippen LogP) is 4.18. The van der Waals surface area contributed by atoms with Gasteiger partial charge in [0.25, 0.3) is 0 Å². The third kappa shape index (κ3) is 3.02. The lowest BCUT2D eigenvalue weighted by Gasteiger charge is -2.31. The van der Waals surface area contributed by atoms with Crippen LogP contribution < -0.4 is 0 Å². The summed E-state index contributed by atoms with van der Waals surface area (Å²) < 4.78 is 5.44. The number of halogens is 1. The van der Waals surface area contributed by atoms with E-state index in [-0.39, 0.29) is 6.09 Å². The zero-order chi connectivity index (χ0) is 15.9. The normalized spacial score (nSPS) is 14.8. The Morgan fingerprint density at radius 3 is 2.86 bits per heavy atom. The predicted molar refractivity (Wildman–Crippen MR) is 87.1 cm³/mol. The first-order valence-corrected chi connectivity index (χ1v) is 7.75. The van der Waals surface area contributed by atoms with Crippen molar-refractivity contribution >= 4 is 28.6 Å². The number of ether oxygens (including phenoxy) is 1. The molecule has 4 nitrogen and oxygen atoms in total. The second kappa shape index (κ2) is 5.43. The minimum absolute atomic E-state index is 0.269. The maximum absolute atomic E-state index is 12.2. The molecule has 0 aliphatic carbocycles. The average molecular weight is 319 g/mol. The van der Waals surface area contributed by atoms with E-state index in [1.165, 1.54) is 5.56 Å². The molecule has 5 heteroatoms. The van der Waals surface area contributed by atoms with Crippen LogP contribution in [0, 0.1) is 0 Å². The van der Waals surface area contributed by atoms with Crippen molar-refractivity contribution in [1.29, 1.82) is 0 Å². The SMILES string of the molecule is CC(C)(C)OC(=O)N1CCc2c(cnc3cc(Cl)ccc23)C1.